The average Bonchev–Trinajstić information content (AvgIpc) is 2.35. The van der Waals surface area contributed by atoms with E-state index in [1.54, 1.807) is 20.8 Å². The highest BCUT2D eigenvalue weighted by Gasteiger charge is 2.33. The van der Waals surface area contributed by atoms with Gasteiger partial charge in [0, 0.05) is 11.6 Å². The minimum absolute atomic E-state index is 0.336. The second-order valence-corrected chi connectivity index (χ2v) is 5.31. The first-order valence-electron chi connectivity index (χ1n) is 5.94. The van der Waals surface area contributed by atoms with E-state index in [0.717, 1.165) is 7.11 Å². The quantitative estimate of drug-likeness (QED) is 0.853. The molecule has 8 heteroatoms. The molecule has 1 rings (SSSR count). The molecular weight excluding hydrogens is 289 g/mol. The van der Waals surface area contributed by atoms with Crippen LogP contribution in [0.4, 0.5) is 18.9 Å². The number of carbonyl (C=O) groups excluding carboxylic acids is 2. The van der Waals surface area contributed by atoms with Crippen molar-refractivity contribution in [2.24, 2.45) is 5.41 Å². The average molecular weight is 304 g/mol. The topological polar surface area (TPSA) is 68.3 Å². The summed E-state index contributed by atoms with van der Waals surface area (Å²) in [5.41, 5.74) is -2.64. The van der Waals surface area contributed by atoms with Crippen LogP contribution in [0.3, 0.4) is 0 Å². The SMILES string of the molecule is COC(=O)c1ncc(C(F)(F)F)cc1NC(=O)C(C)(C)C. The first kappa shape index (κ1) is 16.9. The van der Waals surface area contributed by atoms with Crippen molar-refractivity contribution in [1.82, 2.24) is 4.98 Å². The predicted octanol–water partition coefficient (Wildman–Crippen LogP) is 2.87. The molecule has 1 N–H and O–H groups in total. The van der Waals surface area contributed by atoms with Crippen molar-refractivity contribution in [3.63, 3.8) is 0 Å². The molecule has 0 aliphatic heterocycles. The molecule has 0 spiro atoms. The molecule has 0 unspecified atom stereocenters. The zero-order valence-electron chi connectivity index (χ0n) is 12.0. The van der Waals surface area contributed by atoms with E-state index in [-0.39, 0.29) is 11.4 Å². The number of esters is 1. The summed E-state index contributed by atoms with van der Waals surface area (Å²) in [6.07, 6.45) is -4.12. The first-order chi connectivity index (χ1) is 9.46. The number of halogens is 3. The second-order valence-electron chi connectivity index (χ2n) is 5.31. The Morgan fingerprint density at radius 2 is 1.81 bits per heavy atom. The Bertz CT molecular complexity index is 563. The largest absolute Gasteiger partial charge is 0.464 e. The molecule has 0 fully saturated rings. The Morgan fingerprint density at radius 1 is 1.24 bits per heavy atom. The fourth-order valence-corrected chi connectivity index (χ4v) is 1.28. The van der Waals surface area contributed by atoms with Crippen LogP contribution in [0.5, 0.6) is 0 Å². The number of nitrogens with one attached hydrogen (secondary N) is 1. The molecule has 1 amide bonds. The summed E-state index contributed by atoms with van der Waals surface area (Å²) in [7, 11) is 1.07. The van der Waals surface area contributed by atoms with E-state index in [9.17, 15) is 22.8 Å². The normalized spacial score (nSPS) is 12.0. The summed E-state index contributed by atoms with van der Waals surface area (Å²) in [6, 6.07) is 0.656. The number of methoxy groups -OCH3 is 1. The van der Waals surface area contributed by atoms with E-state index in [4.69, 9.17) is 0 Å². The van der Waals surface area contributed by atoms with Crippen LogP contribution in [0, 0.1) is 5.41 Å². The number of anilines is 1. The van der Waals surface area contributed by atoms with Crippen molar-refractivity contribution in [2.75, 3.05) is 12.4 Å². The van der Waals surface area contributed by atoms with Gasteiger partial charge in [0.25, 0.3) is 0 Å². The molecule has 0 aromatic carbocycles. The Hall–Kier alpha value is -2.12. The summed E-state index contributed by atoms with van der Waals surface area (Å²) < 4.78 is 42.5. The number of hydrogen-bond acceptors (Lipinski definition) is 4. The van der Waals surface area contributed by atoms with Gasteiger partial charge in [0.1, 0.15) is 0 Å². The van der Waals surface area contributed by atoms with Crippen LogP contribution in [-0.4, -0.2) is 24.0 Å². The summed E-state index contributed by atoms with van der Waals surface area (Å²) in [6.45, 7) is 4.75. The van der Waals surface area contributed by atoms with Crippen LogP contribution < -0.4 is 5.32 Å². The lowest BCUT2D eigenvalue weighted by Crippen LogP contribution is -2.29. The second kappa shape index (κ2) is 5.71. The maximum absolute atomic E-state index is 12.7. The molecule has 1 aromatic heterocycles. The number of ether oxygens (including phenoxy) is 1. The van der Waals surface area contributed by atoms with E-state index >= 15 is 0 Å². The van der Waals surface area contributed by atoms with E-state index in [1.165, 1.54) is 0 Å². The molecule has 0 aliphatic carbocycles. The van der Waals surface area contributed by atoms with Gasteiger partial charge in [-0.3, -0.25) is 4.79 Å². The van der Waals surface area contributed by atoms with Crippen LogP contribution in [0.1, 0.15) is 36.8 Å². The number of pyridine rings is 1. The van der Waals surface area contributed by atoms with E-state index in [0.29, 0.717) is 12.3 Å². The monoisotopic (exact) mass is 304 g/mol. The van der Waals surface area contributed by atoms with Crippen molar-refractivity contribution in [3.8, 4) is 0 Å². The van der Waals surface area contributed by atoms with Crippen LogP contribution >= 0.6 is 0 Å². The number of carbonyl (C=O) groups is 2. The number of hydrogen-bond donors (Lipinski definition) is 1. The molecule has 0 aliphatic rings. The number of rotatable bonds is 2. The Kier molecular flexibility index (Phi) is 4.60. The van der Waals surface area contributed by atoms with Gasteiger partial charge >= 0.3 is 12.1 Å². The zero-order chi connectivity index (χ0) is 16.4. The fraction of sp³-hybridized carbons (Fsp3) is 0.462. The van der Waals surface area contributed by atoms with E-state index in [1.807, 2.05) is 0 Å². The molecule has 21 heavy (non-hydrogen) atoms. The lowest BCUT2D eigenvalue weighted by atomic mass is 9.95. The van der Waals surface area contributed by atoms with Gasteiger partial charge in [-0.25, -0.2) is 9.78 Å². The summed E-state index contributed by atoms with van der Waals surface area (Å²) in [5.74, 6) is -1.48. The first-order valence-corrected chi connectivity index (χ1v) is 5.94. The maximum atomic E-state index is 12.7. The highest BCUT2D eigenvalue weighted by atomic mass is 19.4. The third kappa shape index (κ3) is 4.17. The molecule has 1 aromatic rings. The van der Waals surface area contributed by atoms with Crippen molar-refractivity contribution >= 4 is 17.6 Å². The Balaban J connectivity index is 3.30. The van der Waals surface area contributed by atoms with Gasteiger partial charge in [-0.05, 0) is 6.07 Å². The van der Waals surface area contributed by atoms with Crippen LogP contribution in [0.25, 0.3) is 0 Å². The standard InChI is InChI=1S/C13H15F3N2O3/c1-12(2,3)11(20)18-8-5-7(13(14,15)16)6-17-9(8)10(19)21-4/h5-6H,1-4H3,(H,18,20). The molecule has 0 saturated carbocycles. The van der Waals surface area contributed by atoms with E-state index < -0.39 is 29.0 Å². The maximum Gasteiger partial charge on any atom is 0.417 e. The summed E-state index contributed by atoms with van der Waals surface area (Å²) in [4.78, 5) is 26.8. The fourth-order valence-electron chi connectivity index (χ4n) is 1.28. The van der Waals surface area contributed by atoms with Crippen molar-refractivity contribution in [1.29, 1.82) is 0 Å². The zero-order valence-corrected chi connectivity index (χ0v) is 12.0. The van der Waals surface area contributed by atoms with Gasteiger partial charge in [-0.1, -0.05) is 20.8 Å². The van der Waals surface area contributed by atoms with Gasteiger partial charge in [0.05, 0.1) is 18.4 Å². The highest BCUT2D eigenvalue weighted by Crippen LogP contribution is 2.31. The Morgan fingerprint density at radius 3 is 2.24 bits per heavy atom. The van der Waals surface area contributed by atoms with Crippen LogP contribution in [0.2, 0.25) is 0 Å². The molecular formula is C13H15F3N2O3. The number of nitrogens with zero attached hydrogens (tertiary/aromatic N) is 1. The van der Waals surface area contributed by atoms with Crippen molar-refractivity contribution in [3.05, 3.63) is 23.5 Å². The minimum Gasteiger partial charge on any atom is -0.464 e. The molecule has 0 bridgehead atoms. The smallest absolute Gasteiger partial charge is 0.417 e. The lowest BCUT2D eigenvalue weighted by molar-refractivity contribution is -0.137. The summed E-state index contributed by atoms with van der Waals surface area (Å²) >= 11 is 0. The predicted molar refractivity (Wildman–Crippen MR) is 68.7 cm³/mol. The molecule has 0 radical (unpaired) electrons. The van der Waals surface area contributed by atoms with Crippen LogP contribution in [-0.2, 0) is 15.7 Å². The van der Waals surface area contributed by atoms with Gasteiger partial charge < -0.3 is 10.1 Å². The van der Waals surface area contributed by atoms with E-state index in [2.05, 4.69) is 15.0 Å². The third-order valence-electron chi connectivity index (χ3n) is 2.52. The Labute approximate surface area is 119 Å². The molecule has 0 saturated heterocycles. The third-order valence-corrected chi connectivity index (χ3v) is 2.52. The molecule has 5 nitrogen and oxygen atoms in total. The van der Waals surface area contributed by atoms with Gasteiger partial charge in [-0.2, -0.15) is 13.2 Å². The van der Waals surface area contributed by atoms with Gasteiger partial charge in [0.15, 0.2) is 5.69 Å². The highest BCUT2D eigenvalue weighted by molar-refractivity contribution is 6.01. The molecule has 1 heterocycles. The molecule has 0 atom stereocenters. The minimum atomic E-state index is -4.64. The molecule has 116 valence electrons. The lowest BCUT2D eigenvalue weighted by Gasteiger charge is -2.19. The van der Waals surface area contributed by atoms with Gasteiger partial charge in [0.2, 0.25) is 5.91 Å². The summed E-state index contributed by atoms with van der Waals surface area (Å²) in [5, 5.41) is 2.28. The number of alkyl halides is 3. The number of amides is 1. The number of aromatic nitrogens is 1. The van der Waals surface area contributed by atoms with Crippen LogP contribution in [0.15, 0.2) is 12.3 Å². The van der Waals surface area contributed by atoms with Crippen molar-refractivity contribution < 1.29 is 27.5 Å². The van der Waals surface area contributed by atoms with Gasteiger partial charge in [-0.15, -0.1) is 0 Å². The van der Waals surface area contributed by atoms with Crippen molar-refractivity contribution in [2.45, 2.75) is 26.9 Å².